The Bertz CT molecular complexity index is 1280. The van der Waals surface area contributed by atoms with Crippen molar-refractivity contribution in [3.05, 3.63) is 29.8 Å². The van der Waals surface area contributed by atoms with Gasteiger partial charge in [-0.3, -0.25) is 38.8 Å². The molecular weight excluding hydrogens is 736 g/mol. The maximum atomic E-state index is 13.0. The second-order valence-corrected chi connectivity index (χ2v) is 13.5. The molecule has 320 valence electrons. The van der Waals surface area contributed by atoms with Crippen molar-refractivity contribution in [3.8, 4) is 5.75 Å². The van der Waals surface area contributed by atoms with Crippen LogP contribution in [-0.4, -0.2) is 211 Å². The van der Waals surface area contributed by atoms with Crippen molar-refractivity contribution in [1.82, 2.24) is 19.6 Å². The SMILES string of the molecule is CCOCCOCCOc1ccc(CCC[C@@H](C(=O)O)N2CCN(C(CCO)C(=O)O)CCN(C(CCO)C(=O)O)CCN(C(CCO)C(=O)OC)CC2)cc1. The van der Waals surface area contributed by atoms with Crippen LogP contribution in [0.2, 0.25) is 0 Å². The lowest BCUT2D eigenvalue weighted by Gasteiger charge is -2.40. The Labute approximate surface area is 329 Å². The third-order valence-corrected chi connectivity index (χ3v) is 9.94. The maximum absolute atomic E-state index is 13.0. The van der Waals surface area contributed by atoms with Crippen LogP contribution >= 0.6 is 0 Å². The third kappa shape index (κ3) is 17.4. The van der Waals surface area contributed by atoms with Gasteiger partial charge in [0.2, 0.25) is 0 Å². The van der Waals surface area contributed by atoms with Gasteiger partial charge < -0.3 is 49.6 Å². The summed E-state index contributed by atoms with van der Waals surface area (Å²) >= 11 is 0. The second-order valence-electron chi connectivity index (χ2n) is 13.5. The van der Waals surface area contributed by atoms with Gasteiger partial charge in [-0.2, -0.15) is 0 Å². The predicted molar refractivity (Wildman–Crippen MR) is 204 cm³/mol. The number of aliphatic carboxylic acids is 3. The Balaban J connectivity index is 2.32. The van der Waals surface area contributed by atoms with E-state index < -0.39 is 61.3 Å². The third-order valence-electron chi connectivity index (χ3n) is 9.94. The average molecular weight is 801 g/mol. The number of carboxylic acid groups (broad SMARTS) is 3. The minimum absolute atomic E-state index is 0.0232. The van der Waals surface area contributed by atoms with Gasteiger partial charge in [-0.1, -0.05) is 12.1 Å². The summed E-state index contributed by atoms with van der Waals surface area (Å²) < 4.78 is 21.5. The molecule has 1 aromatic carbocycles. The Hall–Kier alpha value is -3.46. The number of hydrogen-bond acceptors (Lipinski definition) is 15. The Morgan fingerprint density at radius 3 is 1.39 bits per heavy atom. The summed E-state index contributed by atoms with van der Waals surface area (Å²) in [5.41, 5.74) is 0.990. The first-order valence-corrected chi connectivity index (χ1v) is 19.4. The molecule has 2 rings (SSSR count). The fourth-order valence-electron chi connectivity index (χ4n) is 6.90. The van der Waals surface area contributed by atoms with Gasteiger partial charge in [0.15, 0.2) is 0 Å². The molecule has 0 radical (unpaired) electrons. The zero-order valence-electron chi connectivity index (χ0n) is 32.9. The fourth-order valence-corrected chi connectivity index (χ4v) is 6.90. The number of rotatable bonds is 26. The molecule has 0 saturated carbocycles. The molecule has 1 aromatic rings. The quantitative estimate of drug-likeness (QED) is 0.0521. The van der Waals surface area contributed by atoms with Crippen molar-refractivity contribution < 1.29 is 68.8 Å². The summed E-state index contributed by atoms with van der Waals surface area (Å²) in [5.74, 6) is -3.34. The monoisotopic (exact) mass is 800 g/mol. The van der Waals surface area contributed by atoms with Gasteiger partial charge in [-0.25, -0.2) is 0 Å². The summed E-state index contributed by atoms with van der Waals surface area (Å²) in [4.78, 5) is 57.3. The lowest BCUT2D eigenvalue weighted by Crippen LogP contribution is -2.56. The van der Waals surface area contributed by atoms with Gasteiger partial charge in [-0.15, -0.1) is 0 Å². The Morgan fingerprint density at radius 1 is 0.589 bits per heavy atom. The van der Waals surface area contributed by atoms with Crippen molar-refractivity contribution in [2.45, 2.75) is 69.6 Å². The molecular formula is C38H64N4O14. The molecule has 3 unspecified atom stereocenters. The van der Waals surface area contributed by atoms with Crippen LogP contribution in [-0.2, 0) is 39.8 Å². The van der Waals surface area contributed by atoms with Gasteiger partial charge >= 0.3 is 23.9 Å². The molecule has 0 aromatic heterocycles. The number of aliphatic hydroxyl groups is 3. The lowest BCUT2D eigenvalue weighted by atomic mass is 10.0. The van der Waals surface area contributed by atoms with E-state index in [1.807, 2.05) is 31.2 Å². The van der Waals surface area contributed by atoms with Crippen LogP contribution in [0.5, 0.6) is 5.75 Å². The number of nitrogens with zero attached hydrogens (tertiary/aromatic N) is 4. The van der Waals surface area contributed by atoms with Crippen molar-refractivity contribution in [1.29, 1.82) is 0 Å². The van der Waals surface area contributed by atoms with Crippen LogP contribution < -0.4 is 4.74 Å². The number of benzene rings is 1. The van der Waals surface area contributed by atoms with E-state index in [-0.39, 0.29) is 84.6 Å². The molecule has 0 spiro atoms. The van der Waals surface area contributed by atoms with Crippen LogP contribution in [0.1, 0.15) is 44.6 Å². The fraction of sp³-hybridized carbons (Fsp3) is 0.737. The van der Waals surface area contributed by atoms with Crippen LogP contribution in [0, 0.1) is 0 Å². The first-order chi connectivity index (χ1) is 27.0. The highest BCUT2D eigenvalue weighted by Crippen LogP contribution is 2.19. The average Bonchev–Trinajstić information content (AvgIpc) is 3.17. The van der Waals surface area contributed by atoms with Crippen molar-refractivity contribution >= 4 is 23.9 Å². The number of methoxy groups -OCH3 is 1. The van der Waals surface area contributed by atoms with E-state index in [9.17, 15) is 49.8 Å². The van der Waals surface area contributed by atoms with Gasteiger partial charge in [0.05, 0.1) is 26.9 Å². The van der Waals surface area contributed by atoms with Gasteiger partial charge in [-0.05, 0) is 63.1 Å². The smallest absolute Gasteiger partial charge is 0.323 e. The van der Waals surface area contributed by atoms with E-state index in [2.05, 4.69) is 0 Å². The Morgan fingerprint density at radius 2 is 0.982 bits per heavy atom. The van der Waals surface area contributed by atoms with Crippen LogP contribution in [0.3, 0.4) is 0 Å². The van der Waals surface area contributed by atoms with Crippen molar-refractivity contribution in [2.75, 3.05) is 112 Å². The number of ether oxygens (including phenoxy) is 4. The molecule has 1 fully saturated rings. The van der Waals surface area contributed by atoms with E-state index in [1.54, 1.807) is 19.6 Å². The molecule has 1 aliphatic heterocycles. The van der Waals surface area contributed by atoms with Crippen LogP contribution in [0.25, 0.3) is 0 Å². The van der Waals surface area contributed by atoms with E-state index in [4.69, 9.17) is 18.9 Å². The summed E-state index contributed by atoms with van der Waals surface area (Å²) in [6, 6.07) is 3.43. The molecule has 18 heteroatoms. The molecule has 1 heterocycles. The first kappa shape index (κ1) is 48.7. The summed E-state index contributed by atoms with van der Waals surface area (Å²) in [6.45, 7) is 4.07. The zero-order valence-corrected chi connectivity index (χ0v) is 32.9. The van der Waals surface area contributed by atoms with E-state index in [1.165, 1.54) is 7.11 Å². The number of carbonyl (C=O) groups is 4. The van der Waals surface area contributed by atoms with Crippen molar-refractivity contribution in [3.63, 3.8) is 0 Å². The number of esters is 1. The minimum atomic E-state index is -1.18. The molecule has 1 saturated heterocycles. The predicted octanol–water partition coefficient (Wildman–Crippen LogP) is -0.289. The molecule has 0 amide bonds. The molecule has 18 nitrogen and oxygen atoms in total. The normalized spacial score (nSPS) is 17.9. The highest BCUT2D eigenvalue weighted by atomic mass is 16.5. The maximum Gasteiger partial charge on any atom is 0.323 e. The lowest BCUT2D eigenvalue weighted by molar-refractivity contribution is -0.150. The number of aliphatic hydroxyl groups excluding tert-OH is 3. The van der Waals surface area contributed by atoms with Gasteiger partial charge in [0, 0.05) is 78.8 Å². The molecule has 4 atom stereocenters. The molecule has 56 heavy (non-hydrogen) atoms. The number of carboxylic acids is 3. The highest BCUT2D eigenvalue weighted by molar-refractivity contribution is 5.76. The number of aryl methyl sites for hydroxylation is 1. The standard InChI is InChI=1S/C38H64N4O14/c1-3-54-25-26-55-27-28-56-30-9-7-29(8-10-30)5-4-6-31(35(46)47)39-14-15-40(32(11-22-43)36(48)49)16-17-41(33(12-23-44)37(50)51)19-21-42(20-18-39)34(13-24-45)38(52)53-2/h7-10,31-34,43-45H,3-6,11-28H2,1-2H3,(H,46,47)(H,48,49)(H,50,51)/t31-,32?,33?,34?/m0/s1. The van der Waals surface area contributed by atoms with E-state index in [0.717, 1.165) is 5.56 Å². The number of hydrogen-bond donors (Lipinski definition) is 6. The van der Waals surface area contributed by atoms with Crippen molar-refractivity contribution in [2.24, 2.45) is 0 Å². The highest BCUT2D eigenvalue weighted by Gasteiger charge is 2.34. The number of carbonyl (C=O) groups excluding carboxylic acids is 1. The largest absolute Gasteiger partial charge is 0.491 e. The Kier molecular flexibility index (Phi) is 24.4. The molecule has 1 aliphatic rings. The topological polar surface area (TPSA) is 240 Å². The summed E-state index contributed by atoms with van der Waals surface area (Å²) in [5, 5.41) is 60.0. The second kappa shape index (κ2) is 28.0. The van der Waals surface area contributed by atoms with Crippen LogP contribution in [0.4, 0.5) is 0 Å². The van der Waals surface area contributed by atoms with E-state index in [0.29, 0.717) is 51.6 Å². The van der Waals surface area contributed by atoms with Gasteiger partial charge in [0.25, 0.3) is 0 Å². The summed E-state index contributed by atoms with van der Waals surface area (Å²) in [7, 11) is 1.23. The summed E-state index contributed by atoms with van der Waals surface area (Å²) in [6.07, 6.45) is 1.20. The molecule has 0 aliphatic carbocycles. The zero-order chi connectivity index (χ0) is 41.3. The molecule has 0 bridgehead atoms. The van der Waals surface area contributed by atoms with Crippen LogP contribution in [0.15, 0.2) is 24.3 Å². The van der Waals surface area contributed by atoms with E-state index >= 15 is 0 Å². The minimum Gasteiger partial charge on any atom is -0.491 e. The van der Waals surface area contributed by atoms with Gasteiger partial charge in [0.1, 0.15) is 36.5 Å². The first-order valence-electron chi connectivity index (χ1n) is 19.4. The molecule has 6 N–H and O–H groups in total.